The first-order chi connectivity index (χ1) is 19.2. The molecule has 0 saturated carbocycles. The Morgan fingerprint density at radius 2 is 1.62 bits per heavy atom. The van der Waals surface area contributed by atoms with Crippen molar-refractivity contribution >= 4 is 34.2 Å². The van der Waals surface area contributed by atoms with Crippen LogP contribution in [0.15, 0.2) is 95.1 Å². The summed E-state index contributed by atoms with van der Waals surface area (Å²) >= 11 is 2.34. The lowest BCUT2D eigenvalue weighted by Gasteiger charge is -2.36. The molecule has 1 heterocycles. The number of benzene rings is 3. The highest BCUT2D eigenvalue weighted by Gasteiger charge is 2.30. The predicted octanol–water partition coefficient (Wildman–Crippen LogP) is 7.67. The lowest BCUT2D eigenvalue weighted by Crippen LogP contribution is -2.44. The van der Waals surface area contributed by atoms with Gasteiger partial charge in [0.15, 0.2) is 5.78 Å². The summed E-state index contributed by atoms with van der Waals surface area (Å²) in [4.78, 5) is 19.9. The Bertz CT molecular complexity index is 1360. The van der Waals surface area contributed by atoms with E-state index in [4.69, 9.17) is 9.73 Å². The molecule has 9 heteroatoms. The zero-order valence-corrected chi connectivity index (χ0v) is 24.5. The fraction of sp³-hybridized carbons (Fsp3) is 0.290. The van der Waals surface area contributed by atoms with Crippen LogP contribution in [0.3, 0.4) is 0 Å². The van der Waals surface area contributed by atoms with E-state index in [1.165, 1.54) is 12.1 Å². The molecule has 0 fully saturated rings. The van der Waals surface area contributed by atoms with Gasteiger partial charge in [0.2, 0.25) is 0 Å². The van der Waals surface area contributed by atoms with Gasteiger partial charge in [-0.05, 0) is 61.7 Å². The summed E-state index contributed by atoms with van der Waals surface area (Å²) in [6.07, 6.45) is -2.99. The van der Waals surface area contributed by atoms with Crippen molar-refractivity contribution in [2.75, 3.05) is 17.5 Å². The number of halogens is 4. The molecule has 0 aromatic heterocycles. The summed E-state index contributed by atoms with van der Waals surface area (Å²) in [6, 6.07) is 21.5. The number of alkyl halides is 4. The van der Waals surface area contributed by atoms with Crippen LogP contribution >= 0.6 is 22.6 Å². The molecular formula is C31H31F3IN3O2. The molecule has 3 aromatic carbocycles. The second kappa shape index (κ2) is 13.3. The number of Topliss-reactive ketones (excluding diaryl/α,β-unsaturated/α-hetero) is 1. The average molecular weight is 662 g/mol. The number of nitrogens with one attached hydrogen (secondary N) is 1. The molecule has 0 radical (unpaired) electrons. The Labute approximate surface area is 246 Å². The highest BCUT2D eigenvalue weighted by molar-refractivity contribution is 14.1. The Balaban J connectivity index is 1.35. The van der Waals surface area contributed by atoms with E-state index in [0.717, 1.165) is 52.1 Å². The monoisotopic (exact) mass is 661 g/mol. The number of allylic oxidation sites excluding steroid dienone is 1. The van der Waals surface area contributed by atoms with Crippen LogP contribution in [0.5, 0.6) is 11.5 Å². The second-order valence-corrected chi connectivity index (χ2v) is 10.1. The second-order valence-electron chi connectivity index (χ2n) is 9.38. The third-order valence-corrected chi connectivity index (χ3v) is 7.44. The number of nitrogens with zero attached hydrogens (tertiary/aromatic N) is 2. The van der Waals surface area contributed by atoms with Crippen LogP contribution in [0, 0.1) is 0 Å². The topological polar surface area (TPSA) is 53.9 Å². The van der Waals surface area contributed by atoms with Crippen LogP contribution in [-0.2, 0) is 12.6 Å². The maximum absolute atomic E-state index is 12.9. The van der Waals surface area contributed by atoms with Gasteiger partial charge in [-0.1, -0.05) is 72.0 Å². The fourth-order valence-corrected chi connectivity index (χ4v) is 5.38. The van der Waals surface area contributed by atoms with E-state index in [2.05, 4.69) is 39.7 Å². The third-order valence-electron chi connectivity index (χ3n) is 6.67. The molecule has 0 spiro atoms. The van der Waals surface area contributed by atoms with Gasteiger partial charge in [0.1, 0.15) is 23.5 Å². The molecule has 1 unspecified atom stereocenters. The zero-order chi connectivity index (χ0) is 28.7. The van der Waals surface area contributed by atoms with Crippen molar-refractivity contribution in [3.8, 4) is 11.5 Å². The Kier molecular flexibility index (Phi) is 9.89. The van der Waals surface area contributed by atoms with Crippen molar-refractivity contribution in [2.24, 2.45) is 4.99 Å². The van der Waals surface area contributed by atoms with E-state index >= 15 is 0 Å². The molecule has 3 aromatic rings. The SMILES string of the molecule is CCC1=C(CI)C(NCCc2ccc(Oc3ccc(C(F)(F)F)cc3)cc2)=NC(C)N1CC(=O)c1ccccc1. The van der Waals surface area contributed by atoms with Crippen LogP contribution < -0.4 is 10.1 Å². The number of amidine groups is 1. The molecule has 0 saturated heterocycles. The number of carbonyl (C=O) groups excluding carboxylic acids is 1. The van der Waals surface area contributed by atoms with E-state index in [-0.39, 0.29) is 18.5 Å². The minimum absolute atomic E-state index is 0.0727. The number of ketones is 1. The van der Waals surface area contributed by atoms with Crippen LogP contribution in [0.25, 0.3) is 0 Å². The smallest absolute Gasteiger partial charge is 0.416 e. The van der Waals surface area contributed by atoms with Gasteiger partial charge in [-0.15, -0.1) is 0 Å². The fourth-order valence-electron chi connectivity index (χ4n) is 4.57. The quantitative estimate of drug-likeness (QED) is 0.138. The van der Waals surface area contributed by atoms with Gasteiger partial charge in [-0.25, -0.2) is 4.99 Å². The number of hydrogen-bond acceptors (Lipinski definition) is 5. The van der Waals surface area contributed by atoms with Crippen molar-refractivity contribution in [1.29, 1.82) is 0 Å². The van der Waals surface area contributed by atoms with E-state index < -0.39 is 11.7 Å². The van der Waals surface area contributed by atoms with Gasteiger partial charge in [0.05, 0.1) is 12.1 Å². The van der Waals surface area contributed by atoms with E-state index in [9.17, 15) is 18.0 Å². The summed E-state index contributed by atoms with van der Waals surface area (Å²) in [7, 11) is 0. The lowest BCUT2D eigenvalue weighted by atomic mass is 10.1. The van der Waals surface area contributed by atoms with Crippen LogP contribution in [-0.4, -0.2) is 40.2 Å². The predicted molar refractivity (Wildman–Crippen MR) is 160 cm³/mol. The molecule has 1 atom stereocenters. The largest absolute Gasteiger partial charge is 0.457 e. The zero-order valence-electron chi connectivity index (χ0n) is 22.3. The van der Waals surface area contributed by atoms with Crippen LogP contribution in [0.1, 0.15) is 41.8 Å². The number of rotatable bonds is 10. The lowest BCUT2D eigenvalue weighted by molar-refractivity contribution is -0.137. The molecule has 0 aliphatic carbocycles. The molecule has 0 bridgehead atoms. The summed E-state index contributed by atoms with van der Waals surface area (Å²) in [5.74, 6) is 1.83. The van der Waals surface area contributed by atoms with Crippen molar-refractivity contribution in [2.45, 2.75) is 39.0 Å². The standard InChI is InChI=1S/C31H31F3IN3O2/c1-3-28-27(19-35)30(37-21(2)38(28)20-29(39)23-7-5-4-6-8-23)36-18-17-22-9-13-25(14-10-22)40-26-15-11-24(12-16-26)31(32,33)34/h4-16,21H,3,17-20H2,1-2H3,(H,36,37). The van der Waals surface area contributed by atoms with Crippen molar-refractivity contribution in [3.05, 3.63) is 107 Å². The van der Waals surface area contributed by atoms with Crippen molar-refractivity contribution in [1.82, 2.24) is 10.2 Å². The number of ether oxygens (including phenoxy) is 1. The minimum atomic E-state index is -4.37. The van der Waals surface area contributed by atoms with Crippen LogP contribution in [0.4, 0.5) is 13.2 Å². The molecule has 0 amide bonds. The number of hydrogen-bond donors (Lipinski definition) is 1. The molecular weight excluding hydrogens is 630 g/mol. The summed E-state index contributed by atoms with van der Waals surface area (Å²) < 4.78 is 44.7. The summed E-state index contributed by atoms with van der Waals surface area (Å²) in [5.41, 5.74) is 3.32. The molecule has 5 nitrogen and oxygen atoms in total. The van der Waals surface area contributed by atoms with E-state index in [0.29, 0.717) is 23.6 Å². The Morgan fingerprint density at radius 1 is 1.00 bits per heavy atom. The summed E-state index contributed by atoms with van der Waals surface area (Å²) in [5, 5.41) is 3.50. The molecule has 1 N–H and O–H groups in total. The summed E-state index contributed by atoms with van der Waals surface area (Å²) in [6.45, 7) is 5.07. The average Bonchev–Trinajstić information content (AvgIpc) is 2.95. The molecule has 4 rings (SSSR count). The van der Waals surface area contributed by atoms with E-state index in [1.54, 1.807) is 12.1 Å². The van der Waals surface area contributed by atoms with Crippen molar-refractivity contribution < 1.29 is 22.7 Å². The van der Waals surface area contributed by atoms with Crippen LogP contribution in [0.2, 0.25) is 0 Å². The Morgan fingerprint density at radius 3 is 2.20 bits per heavy atom. The van der Waals surface area contributed by atoms with Gasteiger partial charge < -0.3 is 15.0 Å². The Hall–Kier alpha value is -3.34. The van der Waals surface area contributed by atoms with Gasteiger partial charge in [0, 0.05) is 27.8 Å². The first-order valence-corrected chi connectivity index (χ1v) is 14.6. The first-order valence-electron chi connectivity index (χ1n) is 13.1. The molecule has 40 heavy (non-hydrogen) atoms. The normalized spacial score (nSPS) is 15.6. The maximum atomic E-state index is 12.9. The number of aliphatic imine (C=N–C) groups is 1. The minimum Gasteiger partial charge on any atom is -0.457 e. The third kappa shape index (κ3) is 7.44. The van der Waals surface area contributed by atoms with Gasteiger partial charge in [-0.2, -0.15) is 13.2 Å². The van der Waals surface area contributed by atoms with Gasteiger partial charge >= 0.3 is 6.18 Å². The first kappa shape index (κ1) is 29.6. The van der Waals surface area contributed by atoms with E-state index in [1.807, 2.05) is 49.4 Å². The highest BCUT2D eigenvalue weighted by atomic mass is 127. The van der Waals surface area contributed by atoms with Gasteiger partial charge in [0.25, 0.3) is 0 Å². The van der Waals surface area contributed by atoms with Gasteiger partial charge in [-0.3, -0.25) is 4.79 Å². The molecule has 1 aliphatic rings. The maximum Gasteiger partial charge on any atom is 0.416 e. The number of carbonyl (C=O) groups is 1. The molecule has 1 aliphatic heterocycles. The molecule has 210 valence electrons. The van der Waals surface area contributed by atoms with Crippen molar-refractivity contribution in [3.63, 3.8) is 0 Å². The highest BCUT2D eigenvalue weighted by Crippen LogP contribution is 2.31.